The highest BCUT2D eigenvalue weighted by Gasteiger charge is 2.26. The predicted molar refractivity (Wildman–Crippen MR) is 132 cm³/mol. The number of H-pyrrole nitrogens is 2. The topological polar surface area (TPSA) is 91.0 Å². The van der Waals surface area contributed by atoms with Crippen molar-refractivity contribution in [3.63, 3.8) is 0 Å². The van der Waals surface area contributed by atoms with E-state index in [4.69, 9.17) is 4.74 Å². The highest BCUT2D eigenvalue weighted by Crippen LogP contribution is 2.37. The number of hydrogen-bond acceptors (Lipinski definition) is 3. The van der Waals surface area contributed by atoms with Crippen LogP contribution in [0.1, 0.15) is 30.7 Å². The monoisotopic (exact) mass is 487 g/mol. The lowest BCUT2D eigenvalue weighted by molar-refractivity contribution is -0.136. The van der Waals surface area contributed by atoms with Crippen molar-refractivity contribution in [2.75, 3.05) is 0 Å². The summed E-state index contributed by atoms with van der Waals surface area (Å²) in [5, 5.41) is 9.91. The second kappa shape index (κ2) is 8.96. The molecule has 0 bridgehead atoms. The molecule has 182 valence electrons. The highest BCUT2D eigenvalue weighted by atomic mass is 19.1. The van der Waals surface area contributed by atoms with E-state index in [-0.39, 0.29) is 22.6 Å². The number of aromatic amines is 2. The summed E-state index contributed by atoms with van der Waals surface area (Å²) in [5.74, 6) is -2.16. The molecule has 36 heavy (non-hydrogen) atoms. The van der Waals surface area contributed by atoms with Gasteiger partial charge in [-0.1, -0.05) is 44.2 Å². The second-order valence-electron chi connectivity index (χ2n) is 9.06. The molecule has 8 heteroatoms. The van der Waals surface area contributed by atoms with Crippen LogP contribution in [0.4, 0.5) is 8.78 Å². The number of ether oxygens (including phenoxy) is 1. The van der Waals surface area contributed by atoms with Gasteiger partial charge in [0.1, 0.15) is 17.4 Å². The highest BCUT2D eigenvalue weighted by molar-refractivity contribution is 5.89. The van der Waals surface area contributed by atoms with Crippen LogP contribution in [-0.2, 0) is 16.6 Å². The molecule has 0 aliphatic heterocycles. The minimum atomic E-state index is -1.13. The first kappa shape index (κ1) is 23.3. The molecule has 0 atom stereocenters. The number of halogens is 2. The normalized spacial score (nSPS) is 11.7. The Morgan fingerprint density at radius 1 is 1.06 bits per heavy atom. The van der Waals surface area contributed by atoms with E-state index in [1.54, 1.807) is 18.5 Å². The van der Waals surface area contributed by atoms with Gasteiger partial charge in [-0.15, -0.1) is 0 Å². The summed E-state index contributed by atoms with van der Waals surface area (Å²) in [5.41, 5.74) is 2.25. The van der Waals surface area contributed by atoms with E-state index in [2.05, 4.69) is 15.0 Å². The summed E-state index contributed by atoms with van der Waals surface area (Å²) in [4.78, 5) is 21.9. The number of carbonyl (C=O) groups is 1. The van der Waals surface area contributed by atoms with E-state index in [9.17, 15) is 18.7 Å². The number of imidazole rings is 1. The summed E-state index contributed by atoms with van der Waals surface area (Å²) in [6, 6.07) is 16.8. The minimum absolute atomic E-state index is 0.144. The van der Waals surface area contributed by atoms with E-state index in [0.717, 1.165) is 11.3 Å². The quantitative estimate of drug-likeness (QED) is 0.242. The number of aromatic nitrogens is 3. The Bertz CT molecular complexity index is 1570. The number of nitrogens with zero attached hydrogens (tertiary/aromatic N) is 1. The number of hydrogen-bond donors (Lipinski definition) is 3. The Morgan fingerprint density at radius 3 is 2.58 bits per heavy atom. The Kier molecular flexibility index (Phi) is 5.80. The molecule has 0 fully saturated rings. The van der Waals surface area contributed by atoms with Crippen molar-refractivity contribution in [3.8, 4) is 22.9 Å². The summed E-state index contributed by atoms with van der Waals surface area (Å²) < 4.78 is 35.6. The van der Waals surface area contributed by atoms with Crippen molar-refractivity contribution >= 4 is 16.9 Å². The van der Waals surface area contributed by atoms with Crippen LogP contribution in [0.5, 0.6) is 11.5 Å². The fourth-order valence-electron chi connectivity index (χ4n) is 4.31. The van der Waals surface area contributed by atoms with Crippen LogP contribution in [0.3, 0.4) is 0 Å². The SMILES string of the molecule is CC(C)(c1ccccc1)c1cnc(-c2cc(Oc3c(F)cc4[nH]ccc4c3CC(=O)O)ccc2F)[nH]1. The molecule has 5 aromatic rings. The van der Waals surface area contributed by atoms with Gasteiger partial charge in [-0.25, -0.2) is 13.8 Å². The average Bonchev–Trinajstić information content (AvgIpc) is 3.53. The first-order valence-corrected chi connectivity index (χ1v) is 11.3. The molecular weight excluding hydrogens is 464 g/mol. The van der Waals surface area contributed by atoms with Crippen LogP contribution in [0.15, 0.2) is 73.1 Å². The number of rotatable bonds is 7. The zero-order chi connectivity index (χ0) is 25.4. The molecule has 0 aliphatic carbocycles. The summed E-state index contributed by atoms with van der Waals surface area (Å²) in [6.07, 6.45) is 2.83. The van der Waals surface area contributed by atoms with Gasteiger partial charge in [0.05, 0.1) is 12.0 Å². The van der Waals surface area contributed by atoms with Gasteiger partial charge in [-0.05, 0) is 29.8 Å². The van der Waals surface area contributed by atoms with E-state index < -0.39 is 29.4 Å². The van der Waals surface area contributed by atoms with Crippen LogP contribution < -0.4 is 4.74 Å². The summed E-state index contributed by atoms with van der Waals surface area (Å²) in [6.45, 7) is 4.08. The zero-order valence-corrected chi connectivity index (χ0v) is 19.6. The average molecular weight is 488 g/mol. The van der Waals surface area contributed by atoms with Crippen LogP contribution >= 0.6 is 0 Å². The van der Waals surface area contributed by atoms with Crippen molar-refractivity contribution in [2.45, 2.75) is 25.7 Å². The Labute approximate surface area is 205 Å². The van der Waals surface area contributed by atoms with Crippen molar-refractivity contribution in [1.82, 2.24) is 15.0 Å². The molecule has 2 aromatic heterocycles. The molecule has 5 rings (SSSR count). The Balaban J connectivity index is 1.52. The molecule has 0 aliphatic rings. The Morgan fingerprint density at radius 2 is 1.83 bits per heavy atom. The number of benzene rings is 3. The van der Waals surface area contributed by atoms with Crippen LogP contribution in [0.25, 0.3) is 22.3 Å². The fourth-order valence-corrected chi connectivity index (χ4v) is 4.31. The Hall–Kier alpha value is -4.46. The summed E-state index contributed by atoms with van der Waals surface area (Å²) >= 11 is 0. The van der Waals surface area contributed by atoms with Crippen molar-refractivity contribution in [1.29, 1.82) is 0 Å². The van der Waals surface area contributed by atoms with Crippen LogP contribution in [0.2, 0.25) is 0 Å². The third kappa shape index (κ3) is 4.22. The van der Waals surface area contributed by atoms with Gasteiger partial charge in [-0.2, -0.15) is 0 Å². The van der Waals surface area contributed by atoms with Gasteiger partial charge < -0.3 is 19.8 Å². The largest absolute Gasteiger partial charge is 0.481 e. The van der Waals surface area contributed by atoms with Gasteiger partial charge >= 0.3 is 5.97 Å². The lowest BCUT2D eigenvalue weighted by atomic mass is 9.82. The second-order valence-corrected chi connectivity index (χ2v) is 9.06. The van der Waals surface area contributed by atoms with Crippen molar-refractivity contribution in [3.05, 3.63) is 102 Å². The molecular formula is C28H23F2N3O3. The van der Waals surface area contributed by atoms with E-state index in [1.807, 2.05) is 44.2 Å². The van der Waals surface area contributed by atoms with Gasteiger partial charge in [0, 0.05) is 46.0 Å². The molecule has 0 saturated heterocycles. The standard InChI is InChI=1S/C28H23F2N3O3/c1-28(2,16-6-4-3-5-7-16)24-15-32-27(33-24)20-12-17(8-9-21(20)29)36-26-19(13-25(34)35)18-10-11-31-23(18)14-22(26)30/h3-12,14-15,31H,13H2,1-2H3,(H,32,33)(H,34,35). The van der Waals surface area contributed by atoms with Crippen molar-refractivity contribution in [2.24, 2.45) is 0 Å². The number of carboxylic acids is 1. The molecule has 0 spiro atoms. The maximum absolute atomic E-state index is 15.0. The molecule has 2 heterocycles. The number of fused-ring (bicyclic) bond motifs is 1. The van der Waals surface area contributed by atoms with Gasteiger partial charge in [0.2, 0.25) is 0 Å². The lowest BCUT2D eigenvalue weighted by Crippen LogP contribution is -2.19. The predicted octanol–water partition coefficient (Wildman–Crippen LogP) is 6.58. The van der Waals surface area contributed by atoms with Gasteiger partial charge in [0.25, 0.3) is 0 Å². The fraction of sp³-hybridized carbons (Fsp3) is 0.143. The molecule has 0 radical (unpaired) electrons. The van der Waals surface area contributed by atoms with E-state index in [1.165, 1.54) is 24.3 Å². The molecule has 3 aromatic carbocycles. The molecule has 3 N–H and O–H groups in total. The number of nitrogens with one attached hydrogen (secondary N) is 2. The molecule has 0 saturated carbocycles. The van der Waals surface area contributed by atoms with Crippen molar-refractivity contribution < 1.29 is 23.4 Å². The first-order valence-electron chi connectivity index (χ1n) is 11.3. The number of carboxylic acid groups (broad SMARTS) is 1. The third-order valence-corrected chi connectivity index (χ3v) is 6.35. The smallest absolute Gasteiger partial charge is 0.307 e. The van der Waals surface area contributed by atoms with Gasteiger partial charge in [0.15, 0.2) is 11.6 Å². The summed E-state index contributed by atoms with van der Waals surface area (Å²) in [7, 11) is 0. The minimum Gasteiger partial charge on any atom is -0.481 e. The number of aliphatic carboxylic acids is 1. The zero-order valence-electron chi connectivity index (χ0n) is 19.6. The molecule has 0 unspecified atom stereocenters. The lowest BCUT2D eigenvalue weighted by Gasteiger charge is -2.23. The molecule has 0 amide bonds. The third-order valence-electron chi connectivity index (χ3n) is 6.35. The van der Waals surface area contributed by atoms with Gasteiger partial charge in [-0.3, -0.25) is 4.79 Å². The van der Waals surface area contributed by atoms with Crippen LogP contribution in [-0.4, -0.2) is 26.0 Å². The van der Waals surface area contributed by atoms with Crippen LogP contribution in [0, 0.1) is 11.6 Å². The van der Waals surface area contributed by atoms with E-state index in [0.29, 0.717) is 16.7 Å². The maximum Gasteiger partial charge on any atom is 0.307 e. The first-order chi connectivity index (χ1) is 17.2. The maximum atomic E-state index is 15.0. The molecule has 6 nitrogen and oxygen atoms in total. The van der Waals surface area contributed by atoms with E-state index >= 15 is 0 Å².